The quantitative estimate of drug-likeness (QED) is 0.758. The molecule has 0 radical (unpaired) electrons. The summed E-state index contributed by atoms with van der Waals surface area (Å²) in [6.07, 6.45) is 5.53. The zero-order chi connectivity index (χ0) is 15.4. The molecule has 3 rings (SSSR count). The van der Waals surface area contributed by atoms with Crippen molar-refractivity contribution < 1.29 is 4.39 Å². The van der Waals surface area contributed by atoms with Crippen LogP contribution in [-0.2, 0) is 6.42 Å². The van der Waals surface area contributed by atoms with Crippen molar-refractivity contribution >= 4 is 30.6 Å². The Bertz CT molecular complexity index is 618. The molecule has 0 bridgehead atoms. The van der Waals surface area contributed by atoms with Crippen LogP contribution in [0.2, 0.25) is 0 Å². The van der Waals surface area contributed by atoms with Crippen LogP contribution in [0.5, 0.6) is 0 Å². The number of aromatic nitrogens is 2. The van der Waals surface area contributed by atoms with Crippen molar-refractivity contribution in [2.75, 3.05) is 11.9 Å². The minimum atomic E-state index is -0.189. The molecule has 1 aromatic carbocycles. The molecule has 1 heterocycles. The summed E-state index contributed by atoms with van der Waals surface area (Å²) in [6, 6.07) is 9.02. The van der Waals surface area contributed by atoms with Crippen LogP contribution in [0.1, 0.15) is 36.4 Å². The summed E-state index contributed by atoms with van der Waals surface area (Å²) in [5, 5.41) is 3.32. The molecule has 0 aliphatic heterocycles. The van der Waals surface area contributed by atoms with Crippen LogP contribution in [0.4, 0.5) is 10.2 Å². The van der Waals surface area contributed by atoms with Crippen LogP contribution in [-0.4, -0.2) is 22.6 Å². The second kappa shape index (κ2) is 9.77. The summed E-state index contributed by atoms with van der Waals surface area (Å²) in [5.74, 6) is 1.16. The first-order valence-electron chi connectivity index (χ1n) is 7.76. The molecule has 0 saturated heterocycles. The molecule has 2 aromatic rings. The monoisotopic (exact) mass is 372 g/mol. The molecule has 0 atom stereocenters. The molecule has 1 aliphatic carbocycles. The fourth-order valence-electron chi connectivity index (χ4n) is 2.76. The fourth-order valence-corrected chi connectivity index (χ4v) is 2.76. The van der Waals surface area contributed by atoms with Crippen LogP contribution in [0.3, 0.4) is 0 Å². The molecule has 132 valence electrons. The standard InChI is InChI=1S/C17H21FN4.2ClH/c18-14-5-3-12(4-6-14)2-1-7-20-17-10-16(21-11-22-17)13-8-15(19)9-13;;/h3-6,10-11,13,15H,1-2,7-9,19H2,(H,20,21,22);2*1H. The number of hydrogen-bond acceptors (Lipinski definition) is 4. The van der Waals surface area contributed by atoms with Crippen LogP contribution >= 0.6 is 24.8 Å². The Morgan fingerprint density at radius 1 is 1.12 bits per heavy atom. The van der Waals surface area contributed by atoms with Crippen molar-refractivity contribution in [1.82, 2.24) is 9.97 Å². The van der Waals surface area contributed by atoms with E-state index in [1.165, 1.54) is 12.1 Å². The number of rotatable bonds is 6. The van der Waals surface area contributed by atoms with Crippen molar-refractivity contribution in [3.05, 3.63) is 53.7 Å². The number of aryl methyl sites for hydroxylation is 1. The lowest BCUT2D eigenvalue weighted by Gasteiger charge is -2.31. The zero-order valence-electron chi connectivity index (χ0n) is 13.3. The van der Waals surface area contributed by atoms with E-state index < -0.39 is 0 Å². The van der Waals surface area contributed by atoms with Gasteiger partial charge in [-0.3, -0.25) is 0 Å². The summed E-state index contributed by atoms with van der Waals surface area (Å²) in [7, 11) is 0. The summed E-state index contributed by atoms with van der Waals surface area (Å²) in [5.41, 5.74) is 8.05. The third kappa shape index (κ3) is 5.58. The van der Waals surface area contributed by atoms with Gasteiger partial charge in [0.15, 0.2) is 0 Å². The van der Waals surface area contributed by atoms with E-state index in [-0.39, 0.29) is 30.6 Å². The van der Waals surface area contributed by atoms with Crippen molar-refractivity contribution in [2.45, 2.75) is 37.6 Å². The Kier molecular flexibility index (Phi) is 8.39. The van der Waals surface area contributed by atoms with Gasteiger partial charge < -0.3 is 11.1 Å². The first-order valence-corrected chi connectivity index (χ1v) is 7.76. The largest absolute Gasteiger partial charge is 0.370 e. The van der Waals surface area contributed by atoms with Crippen molar-refractivity contribution in [2.24, 2.45) is 5.73 Å². The molecule has 0 spiro atoms. The molecule has 1 aliphatic rings. The number of halogens is 3. The molecule has 7 heteroatoms. The maximum absolute atomic E-state index is 12.8. The topological polar surface area (TPSA) is 63.8 Å². The molecule has 3 N–H and O–H groups in total. The van der Waals surface area contributed by atoms with Gasteiger partial charge in [0.2, 0.25) is 0 Å². The first-order chi connectivity index (χ1) is 10.7. The van der Waals surface area contributed by atoms with Gasteiger partial charge in [-0.2, -0.15) is 0 Å². The maximum Gasteiger partial charge on any atom is 0.129 e. The second-order valence-corrected chi connectivity index (χ2v) is 5.91. The van der Waals surface area contributed by atoms with Gasteiger partial charge >= 0.3 is 0 Å². The van der Waals surface area contributed by atoms with E-state index in [0.29, 0.717) is 12.0 Å². The Morgan fingerprint density at radius 3 is 2.50 bits per heavy atom. The van der Waals surface area contributed by atoms with Gasteiger partial charge in [0, 0.05) is 30.3 Å². The predicted molar refractivity (Wildman–Crippen MR) is 99.7 cm³/mol. The van der Waals surface area contributed by atoms with E-state index in [1.807, 2.05) is 18.2 Å². The molecule has 1 fully saturated rings. The van der Waals surface area contributed by atoms with E-state index in [1.54, 1.807) is 6.33 Å². The summed E-state index contributed by atoms with van der Waals surface area (Å²) < 4.78 is 12.8. The third-order valence-electron chi connectivity index (χ3n) is 4.14. The fraction of sp³-hybridized carbons (Fsp3) is 0.412. The lowest BCUT2D eigenvalue weighted by atomic mass is 9.79. The molecular weight excluding hydrogens is 350 g/mol. The number of hydrogen-bond donors (Lipinski definition) is 2. The first kappa shape index (κ1) is 20.6. The highest BCUT2D eigenvalue weighted by Crippen LogP contribution is 2.34. The average molecular weight is 373 g/mol. The number of nitrogens with zero attached hydrogens (tertiary/aromatic N) is 2. The van der Waals surface area contributed by atoms with Gasteiger partial charge in [-0.15, -0.1) is 24.8 Å². The molecule has 1 saturated carbocycles. The Labute approximate surface area is 154 Å². The predicted octanol–water partition coefficient (Wildman–Crippen LogP) is 3.71. The number of anilines is 1. The lowest BCUT2D eigenvalue weighted by molar-refractivity contribution is 0.345. The van der Waals surface area contributed by atoms with Crippen LogP contribution < -0.4 is 11.1 Å². The smallest absolute Gasteiger partial charge is 0.129 e. The molecule has 1 aromatic heterocycles. The average Bonchev–Trinajstić information content (AvgIpc) is 2.50. The van der Waals surface area contributed by atoms with Crippen molar-refractivity contribution in [1.29, 1.82) is 0 Å². The Balaban J connectivity index is 0.00000144. The maximum atomic E-state index is 12.8. The third-order valence-corrected chi connectivity index (χ3v) is 4.14. The highest BCUT2D eigenvalue weighted by molar-refractivity contribution is 5.85. The highest BCUT2D eigenvalue weighted by Gasteiger charge is 2.28. The van der Waals surface area contributed by atoms with Gasteiger partial charge in [-0.1, -0.05) is 12.1 Å². The number of benzene rings is 1. The SMILES string of the molecule is Cl.Cl.NC1CC(c2cc(NCCCc3ccc(F)cc3)ncn2)C1. The van der Waals surface area contributed by atoms with E-state index in [4.69, 9.17) is 5.73 Å². The van der Waals surface area contributed by atoms with Gasteiger partial charge in [-0.25, -0.2) is 14.4 Å². The number of nitrogens with one attached hydrogen (secondary N) is 1. The minimum absolute atomic E-state index is 0. The molecule has 0 unspecified atom stereocenters. The summed E-state index contributed by atoms with van der Waals surface area (Å²) in [4.78, 5) is 8.59. The zero-order valence-corrected chi connectivity index (χ0v) is 15.0. The van der Waals surface area contributed by atoms with Gasteiger partial charge in [-0.05, 0) is 43.4 Å². The van der Waals surface area contributed by atoms with Crippen LogP contribution in [0, 0.1) is 5.82 Å². The normalized spacial score (nSPS) is 18.8. The Morgan fingerprint density at radius 2 is 1.83 bits per heavy atom. The van der Waals surface area contributed by atoms with Crippen molar-refractivity contribution in [3.63, 3.8) is 0 Å². The van der Waals surface area contributed by atoms with E-state index in [9.17, 15) is 4.39 Å². The van der Waals surface area contributed by atoms with Crippen LogP contribution in [0.25, 0.3) is 0 Å². The molecule has 0 amide bonds. The summed E-state index contributed by atoms with van der Waals surface area (Å²) in [6.45, 7) is 0.831. The number of nitrogens with two attached hydrogens (primary N) is 1. The van der Waals surface area contributed by atoms with Gasteiger partial charge in [0.05, 0.1) is 0 Å². The molecule has 24 heavy (non-hydrogen) atoms. The highest BCUT2D eigenvalue weighted by atomic mass is 35.5. The van der Waals surface area contributed by atoms with Crippen LogP contribution in [0.15, 0.2) is 36.7 Å². The van der Waals surface area contributed by atoms with Gasteiger partial charge in [0.1, 0.15) is 18.0 Å². The Hall–Kier alpha value is -1.43. The lowest BCUT2D eigenvalue weighted by Crippen LogP contribution is -2.35. The molecular formula is C17H23Cl2FN4. The second-order valence-electron chi connectivity index (χ2n) is 5.91. The van der Waals surface area contributed by atoms with Crippen molar-refractivity contribution in [3.8, 4) is 0 Å². The van der Waals surface area contributed by atoms with E-state index in [2.05, 4.69) is 15.3 Å². The minimum Gasteiger partial charge on any atom is -0.370 e. The van der Waals surface area contributed by atoms with Gasteiger partial charge in [0.25, 0.3) is 0 Å². The molecule has 4 nitrogen and oxygen atoms in total. The van der Waals surface area contributed by atoms with E-state index >= 15 is 0 Å². The van der Waals surface area contributed by atoms with E-state index in [0.717, 1.165) is 49.3 Å². The summed E-state index contributed by atoms with van der Waals surface area (Å²) >= 11 is 0.